The van der Waals surface area contributed by atoms with E-state index in [1.165, 1.54) is 25.2 Å². The molecule has 2 aromatic rings. The molecule has 4 nitrogen and oxygen atoms in total. The van der Waals surface area contributed by atoms with Gasteiger partial charge in [-0.2, -0.15) is 0 Å². The minimum atomic E-state index is -1.58. The van der Waals surface area contributed by atoms with Gasteiger partial charge in [-0.3, -0.25) is 4.79 Å². The van der Waals surface area contributed by atoms with Crippen molar-refractivity contribution in [2.75, 3.05) is 7.05 Å². The summed E-state index contributed by atoms with van der Waals surface area (Å²) in [5.41, 5.74) is -0.113. The van der Waals surface area contributed by atoms with Crippen molar-refractivity contribution in [3.63, 3.8) is 0 Å². The molecule has 1 amide bonds. The van der Waals surface area contributed by atoms with E-state index >= 15 is 0 Å². The summed E-state index contributed by atoms with van der Waals surface area (Å²) in [6.45, 7) is -0.206. The van der Waals surface area contributed by atoms with Crippen LogP contribution in [0.5, 0.6) is 11.5 Å². The Morgan fingerprint density at radius 3 is 2.32 bits per heavy atom. The van der Waals surface area contributed by atoms with Crippen LogP contribution in [0.15, 0.2) is 30.3 Å². The van der Waals surface area contributed by atoms with Gasteiger partial charge in [-0.15, -0.1) is 0 Å². The SMILES string of the molecule is CN(Cc1cc(F)c(F)c(F)c1)C(=O)c1cccc(O)c1O. The minimum Gasteiger partial charge on any atom is -0.504 e. The first kappa shape index (κ1) is 15.7. The number of para-hydroxylation sites is 1. The number of carbonyl (C=O) groups excluding carboxylic acids is 1. The topological polar surface area (TPSA) is 60.8 Å². The summed E-state index contributed by atoms with van der Waals surface area (Å²) in [5.74, 6) is -6.00. The average Bonchev–Trinajstić information content (AvgIpc) is 2.46. The van der Waals surface area contributed by atoms with Crippen LogP contribution in [0.1, 0.15) is 15.9 Å². The highest BCUT2D eigenvalue weighted by molar-refractivity contribution is 5.97. The highest BCUT2D eigenvalue weighted by Gasteiger charge is 2.19. The van der Waals surface area contributed by atoms with Gasteiger partial charge in [0.1, 0.15) is 0 Å². The zero-order chi connectivity index (χ0) is 16.4. The summed E-state index contributed by atoms with van der Waals surface area (Å²) in [6.07, 6.45) is 0. The lowest BCUT2D eigenvalue weighted by Crippen LogP contribution is -2.26. The fourth-order valence-electron chi connectivity index (χ4n) is 1.95. The average molecular weight is 311 g/mol. The predicted octanol–water partition coefficient (Wildman–Crippen LogP) is 2.79. The van der Waals surface area contributed by atoms with Gasteiger partial charge in [0.15, 0.2) is 29.0 Å². The molecule has 2 rings (SSSR count). The van der Waals surface area contributed by atoms with Crippen LogP contribution in [0.25, 0.3) is 0 Å². The van der Waals surface area contributed by atoms with Gasteiger partial charge in [-0.05, 0) is 29.8 Å². The van der Waals surface area contributed by atoms with Crippen LogP contribution >= 0.6 is 0 Å². The summed E-state index contributed by atoms with van der Waals surface area (Å²) >= 11 is 0. The molecule has 0 aliphatic rings. The maximum absolute atomic E-state index is 13.1. The number of hydrogen-bond acceptors (Lipinski definition) is 3. The van der Waals surface area contributed by atoms with E-state index in [1.54, 1.807) is 0 Å². The van der Waals surface area contributed by atoms with Gasteiger partial charge in [0.05, 0.1) is 5.56 Å². The molecule has 0 fully saturated rings. The number of phenolic OH excluding ortho intramolecular Hbond substituents is 2. The van der Waals surface area contributed by atoms with E-state index in [0.29, 0.717) is 0 Å². The third-order valence-electron chi connectivity index (χ3n) is 3.06. The fraction of sp³-hybridized carbons (Fsp3) is 0.133. The molecule has 0 saturated heterocycles. The standard InChI is InChI=1S/C15H12F3NO3/c1-19(7-8-5-10(16)13(18)11(17)6-8)15(22)9-3-2-4-12(20)14(9)21/h2-6,20-21H,7H2,1H3. The third-order valence-corrected chi connectivity index (χ3v) is 3.06. The number of phenols is 2. The fourth-order valence-corrected chi connectivity index (χ4v) is 1.95. The summed E-state index contributed by atoms with van der Waals surface area (Å²) in [5, 5.41) is 19.0. The van der Waals surface area contributed by atoms with Crippen LogP contribution in [0, 0.1) is 17.5 Å². The molecule has 0 aliphatic carbocycles. The van der Waals surface area contributed by atoms with Crippen molar-refractivity contribution in [2.24, 2.45) is 0 Å². The lowest BCUT2D eigenvalue weighted by molar-refractivity contribution is 0.0781. The van der Waals surface area contributed by atoms with Gasteiger partial charge in [0.2, 0.25) is 0 Å². The maximum atomic E-state index is 13.1. The van der Waals surface area contributed by atoms with E-state index in [0.717, 1.165) is 17.0 Å². The Morgan fingerprint density at radius 2 is 1.73 bits per heavy atom. The highest BCUT2D eigenvalue weighted by atomic mass is 19.2. The number of benzene rings is 2. The van der Waals surface area contributed by atoms with E-state index in [2.05, 4.69) is 0 Å². The second-order valence-electron chi connectivity index (χ2n) is 4.71. The molecule has 2 N–H and O–H groups in total. The van der Waals surface area contributed by atoms with Gasteiger partial charge < -0.3 is 15.1 Å². The Morgan fingerprint density at radius 1 is 1.14 bits per heavy atom. The zero-order valence-corrected chi connectivity index (χ0v) is 11.5. The molecule has 22 heavy (non-hydrogen) atoms. The molecule has 7 heteroatoms. The summed E-state index contributed by atoms with van der Waals surface area (Å²) in [4.78, 5) is 13.2. The van der Waals surface area contributed by atoms with Gasteiger partial charge in [-0.25, -0.2) is 13.2 Å². The number of amides is 1. The number of hydrogen-bond donors (Lipinski definition) is 2. The highest BCUT2D eigenvalue weighted by Crippen LogP contribution is 2.29. The molecule has 0 atom stereocenters. The number of halogens is 3. The van der Waals surface area contributed by atoms with Gasteiger partial charge in [-0.1, -0.05) is 6.07 Å². The van der Waals surface area contributed by atoms with Crippen LogP contribution in [-0.4, -0.2) is 28.1 Å². The van der Waals surface area contributed by atoms with E-state index in [9.17, 15) is 28.2 Å². The normalized spacial score (nSPS) is 10.5. The maximum Gasteiger partial charge on any atom is 0.257 e. The molecule has 0 heterocycles. The molecule has 0 saturated carbocycles. The van der Waals surface area contributed by atoms with Gasteiger partial charge >= 0.3 is 0 Å². The quantitative estimate of drug-likeness (QED) is 0.677. The van der Waals surface area contributed by atoms with E-state index in [1.807, 2.05) is 0 Å². The lowest BCUT2D eigenvalue weighted by Gasteiger charge is -2.18. The first-order valence-electron chi connectivity index (χ1n) is 6.21. The zero-order valence-electron chi connectivity index (χ0n) is 11.5. The molecule has 0 bridgehead atoms. The Bertz CT molecular complexity index is 711. The molecule has 0 aromatic heterocycles. The molecule has 116 valence electrons. The van der Waals surface area contributed by atoms with Gasteiger partial charge in [0, 0.05) is 13.6 Å². The number of nitrogens with zero attached hydrogens (tertiary/aromatic N) is 1. The minimum absolute atomic E-state index is 0.0480. The molecular weight excluding hydrogens is 299 g/mol. The number of rotatable bonds is 3. The van der Waals surface area contributed by atoms with Crippen molar-refractivity contribution in [2.45, 2.75) is 6.54 Å². The first-order valence-corrected chi connectivity index (χ1v) is 6.21. The molecule has 0 spiro atoms. The van der Waals surface area contributed by atoms with E-state index < -0.39 is 34.9 Å². The Hall–Kier alpha value is -2.70. The van der Waals surface area contributed by atoms with Crippen LogP contribution in [0.3, 0.4) is 0 Å². The Balaban J connectivity index is 2.24. The van der Waals surface area contributed by atoms with E-state index in [-0.39, 0.29) is 17.7 Å². The molecule has 0 radical (unpaired) electrons. The monoisotopic (exact) mass is 311 g/mol. The smallest absolute Gasteiger partial charge is 0.257 e. The van der Waals surface area contributed by atoms with Crippen molar-refractivity contribution >= 4 is 5.91 Å². The van der Waals surface area contributed by atoms with Crippen LogP contribution in [0.4, 0.5) is 13.2 Å². The van der Waals surface area contributed by atoms with Crippen molar-refractivity contribution < 1.29 is 28.2 Å². The summed E-state index contributed by atoms with van der Waals surface area (Å²) in [7, 11) is 1.34. The Labute approximate surface area is 124 Å². The number of carbonyl (C=O) groups is 1. The lowest BCUT2D eigenvalue weighted by atomic mass is 10.1. The van der Waals surface area contributed by atoms with Crippen LogP contribution in [0.2, 0.25) is 0 Å². The van der Waals surface area contributed by atoms with Gasteiger partial charge in [0.25, 0.3) is 5.91 Å². The third kappa shape index (κ3) is 2.98. The first-order chi connectivity index (χ1) is 10.3. The van der Waals surface area contributed by atoms with E-state index in [4.69, 9.17) is 0 Å². The largest absolute Gasteiger partial charge is 0.504 e. The van der Waals surface area contributed by atoms with Crippen LogP contribution < -0.4 is 0 Å². The van der Waals surface area contributed by atoms with Crippen molar-refractivity contribution in [1.82, 2.24) is 4.90 Å². The second-order valence-corrected chi connectivity index (χ2v) is 4.71. The van der Waals surface area contributed by atoms with Crippen molar-refractivity contribution in [3.05, 3.63) is 58.9 Å². The summed E-state index contributed by atoms with van der Waals surface area (Å²) in [6, 6.07) is 5.43. The van der Waals surface area contributed by atoms with Crippen LogP contribution in [-0.2, 0) is 6.54 Å². The Kier molecular flexibility index (Phi) is 4.25. The van der Waals surface area contributed by atoms with Crippen molar-refractivity contribution in [3.8, 4) is 11.5 Å². The molecule has 0 unspecified atom stereocenters. The van der Waals surface area contributed by atoms with Crippen molar-refractivity contribution in [1.29, 1.82) is 0 Å². The molecule has 2 aromatic carbocycles. The predicted molar refractivity (Wildman–Crippen MR) is 71.9 cm³/mol. The number of aromatic hydroxyl groups is 2. The molecular formula is C15H12F3NO3. The molecule has 0 aliphatic heterocycles. The second kappa shape index (κ2) is 5.97. The summed E-state index contributed by atoms with van der Waals surface area (Å²) < 4.78 is 39.2.